The Hall–Kier alpha value is 0.0969. The highest BCUT2D eigenvalue weighted by Gasteiger charge is 2.47. The van der Waals surface area contributed by atoms with Gasteiger partial charge in [0, 0.05) is 13.2 Å². The van der Waals surface area contributed by atoms with Crippen molar-refractivity contribution in [1.29, 1.82) is 0 Å². The lowest BCUT2D eigenvalue weighted by Gasteiger charge is -2.41. The third kappa shape index (κ3) is 3.23. The molecule has 0 aromatic carbocycles. The molecule has 0 amide bonds. The first kappa shape index (κ1) is 15.5. The first-order chi connectivity index (χ1) is 8.77. The molecule has 0 N–H and O–H groups in total. The monoisotopic (exact) mass is 286 g/mol. The SMILES string of the molecule is CC(C)(C)[Si](C)(C)OC[C@]1([C@@H]2CCCO2)CCCO1. The zero-order valence-corrected chi connectivity index (χ0v) is 14.3. The standard InChI is InChI=1S/C15H30O3Si/c1-14(2,3)19(4,5)18-12-15(9-7-11-17-15)13-8-6-10-16-13/h13H,6-12H2,1-5H3/t13-,15-/m0/s1. The van der Waals surface area contributed by atoms with Gasteiger partial charge in [0.05, 0.1) is 12.7 Å². The van der Waals surface area contributed by atoms with E-state index in [9.17, 15) is 0 Å². The van der Waals surface area contributed by atoms with Gasteiger partial charge < -0.3 is 13.9 Å². The number of hydrogen-bond acceptors (Lipinski definition) is 3. The van der Waals surface area contributed by atoms with Crippen molar-refractivity contribution in [3.63, 3.8) is 0 Å². The minimum atomic E-state index is -1.71. The summed E-state index contributed by atoms with van der Waals surface area (Å²) in [6, 6.07) is 0. The molecule has 0 radical (unpaired) electrons. The molecule has 0 saturated carbocycles. The Morgan fingerprint density at radius 2 is 1.95 bits per heavy atom. The number of hydrogen-bond donors (Lipinski definition) is 0. The lowest BCUT2D eigenvalue weighted by atomic mass is 9.92. The Balaban J connectivity index is 2.02. The fourth-order valence-electron chi connectivity index (χ4n) is 2.69. The van der Waals surface area contributed by atoms with Gasteiger partial charge in [-0.1, -0.05) is 20.8 Å². The maximum absolute atomic E-state index is 6.43. The molecule has 4 heteroatoms. The van der Waals surface area contributed by atoms with E-state index in [1.807, 2.05) is 0 Å². The Morgan fingerprint density at radius 3 is 2.42 bits per heavy atom. The lowest BCUT2D eigenvalue weighted by Crippen LogP contribution is -2.51. The van der Waals surface area contributed by atoms with Crippen molar-refractivity contribution >= 4 is 8.32 Å². The Bertz CT molecular complexity index is 297. The lowest BCUT2D eigenvalue weighted by molar-refractivity contribution is -0.120. The summed E-state index contributed by atoms with van der Waals surface area (Å²) < 4.78 is 18.4. The maximum Gasteiger partial charge on any atom is 0.192 e. The van der Waals surface area contributed by atoms with Gasteiger partial charge in [0.2, 0.25) is 0 Å². The van der Waals surface area contributed by atoms with E-state index in [2.05, 4.69) is 33.9 Å². The molecule has 0 aromatic heterocycles. The topological polar surface area (TPSA) is 27.7 Å². The van der Waals surface area contributed by atoms with E-state index < -0.39 is 8.32 Å². The first-order valence-corrected chi connectivity index (χ1v) is 10.6. The van der Waals surface area contributed by atoms with E-state index in [1.165, 1.54) is 0 Å². The van der Waals surface area contributed by atoms with Gasteiger partial charge in [0.25, 0.3) is 0 Å². The molecule has 2 saturated heterocycles. The van der Waals surface area contributed by atoms with Crippen molar-refractivity contribution in [3.05, 3.63) is 0 Å². The molecule has 0 bridgehead atoms. The fraction of sp³-hybridized carbons (Fsp3) is 1.00. The average molecular weight is 286 g/mol. The summed E-state index contributed by atoms with van der Waals surface area (Å²) in [6.07, 6.45) is 4.77. The molecule has 0 unspecified atom stereocenters. The molecule has 2 atom stereocenters. The van der Waals surface area contributed by atoms with Crippen LogP contribution in [0.5, 0.6) is 0 Å². The van der Waals surface area contributed by atoms with Gasteiger partial charge in [0.15, 0.2) is 8.32 Å². The molecule has 0 spiro atoms. The van der Waals surface area contributed by atoms with Gasteiger partial charge in [-0.15, -0.1) is 0 Å². The van der Waals surface area contributed by atoms with E-state index in [1.54, 1.807) is 0 Å². The molecule has 3 nitrogen and oxygen atoms in total. The average Bonchev–Trinajstić information content (AvgIpc) is 2.97. The van der Waals surface area contributed by atoms with Gasteiger partial charge in [-0.3, -0.25) is 0 Å². The Morgan fingerprint density at radius 1 is 1.21 bits per heavy atom. The third-order valence-corrected chi connectivity index (χ3v) is 9.61. The Kier molecular flexibility index (Phi) is 4.46. The summed E-state index contributed by atoms with van der Waals surface area (Å²) in [5.41, 5.74) is -0.161. The van der Waals surface area contributed by atoms with Gasteiger partial charge in [-0.2, -0.15) is 0 Å². The third-order valence-electron chi connectivity index (χ3n) is 5.13. The second-order valence-electron chi connectivity index (χ2n) is 7.57. The number of rotatable bonds is 4. The van der Waals surface area contributed by atoms with Gasteiger partial charge in [-0.25, -0.2) is 0 Å². The fourth-order valence-corrected chi connectivity index (χ4v) is 3.73. The van der Waals surface area contributed by atoms with Crippen LogP contribution in [0.1, 0.15) is 46.5 Å². The van der Waals surface area contributed by atoms with E-state index in [4.69, 9.17) is 13.9 Å². The zero-order valence-electron chi connectivity index (χ0n) is 13.3. The van der Waals surface area contributed by atoms with Crippen LogP contribution in [0.4, 0.5) is 0 Å². The summed E-state index contributed by atoms with van der Waals surface area (Å²) in [7, 11) is -1.71. The molecule has 112 valence electrons. The van der Waals surface area contributed by atoms with Crippen molar-refractivity contribution in [2.24, 2.45) is 0 Å². The second kappa shape index (κ2) is 5.47. The largest absolute Gasteiger partial charge is 0.414 e. The Labute approximate surface area is 119 Å². The van der Waals surface area contributed by atoms with Crippen LogP contribution in [-0.4, -0.2) is 39.8 Å². The van der Waals surface area contributed by atoms with Crippen molar-refractivity contribution < 1.29 is 13.9 Å². The van der Waals surface area contributed by atoms with Crippen molar-refractivity contribution in [2.45, 2.75) is 76.3 Å². The van der Waals surface area contributed by atoms with Crippen LogP contribution in [0.15, 0.2) is 0 Å². The quantitative estimate of drug-likeness (QED) is 0.737. The van der Waals surface area contributed by atoms with Crippen LogP contribution >= 0.6 is 0 Å². The predicted molar refractivity (Wildman–Crippen MR) is 80.0 cm³/mol. The van der Waals surface area contributed by atoms with Crippen LogP contribution in [-0.2, 0) is 13.9 Å². The smallest absolute Gasteiger partial charge is 0.192 e. The first-order valence-electron chi connectivity index (χ1n) is 7.66. The summed E-state index contributed by atoms with van der Waals surface area (Å²) in [5, 5.41) is 0.253. The molecular weight excluding hydrogens is 256 g/mol. The van der Waals surface area contributed by atoms with E-state index in [0.29, 0.717) is 6.61 Å². The van der Waals surface area contributed by atoms with Crippen LogP contribution in [0, 0.1) is 0 Å². The molecule has 2 aliphatic heterocycles. The molecule has 2 heterocycles. The molecule has 2 rings (SSSR count). The molecular formula is C15H30O3Si. The van der Waals surface area contributed by atoms with Crippen LogP contribution in [0.2, 0.25) is 18.1 Å². The van der Waals surface area contributed by atoms with Gasteiger partial charge in [-0.05, 0) is 43.8 Å². The van der Waals surface area contributed by atoms with E-state index in [0.717, 1.165) is 38.9 Å². The van der Waals surface area contributed by atoms with Gasteiger partial charge in [0.1, 0.15) is 5.60 Å². The van der Waals surface area contributed by atoms with Crippen molar-refractivity contribution in [1.82, 2.24) is 0 Å². The summed E-state index contributed by atoms with van der Waals surface area (Å²) in [4.78, 5) is 0. The van der Waals surface area contributed by atoms with Crippen molar-refractivity contribution in [3.8, 4) is 0 Å². The highest BCUT2D eigenvalue weighted by molar-refractivity contribution is 6.74. The highest BCUT2D eigenvalue weighted by Crippen LogP contribution is 2.40. The summed E-state index contributed by atoms with van der Waals surface area (Å²) in [5.74, 6) is 0. The maximum atomic E-state index is 6.43. The van der Waals surface area contributed by atoms with E-state index in [-0.39, 0.29) is 16.7 Å². The molecule has 19 heavy (non-hydrogen) atoms. The molecule has 2 fully saturated rings. The van der Waals surface area contributed by atoms with Crippen LogP contribution in [0.25, 0.3) is 0 Å². The molecule has 0 aliphatic carbocycles. The van der Waals surface area contributed by atoms with Crippen molar-refractivity contribution in [2.75, 3.05) is 19.8 Å². The summed E-state index contributed by atoms with van der Waals surface area (Å²) in [6.45, 7) is 13.9. The van der Waals surface area contributed by atoms with Crippen LogP contribution < -0.4 is 0 Å². The van der Waals surface area contributed by atoms with Crippen LogP contribution in [0.3, 0.4) is 0 Å². The van der Waals surface area contributed by atoms with E-state index >= 15 is 0 Å². The second-order valence-corrected chi connectivity index (χ2v) is 12.4. The minimum absolute atomic E-state index is 0.161. The number of ether oxygens (including phenoxy) is 2. The minimum Gasteiger partial charge on any atom is -0.414 e. The zero-order chi connectivity index (χ0) is 14.1. The molecule has 2 aliphatic rings. The predicted octanol–water partition coefficient (Wildman–Crippen LogP) is 3.74. The van der Waals surface area contributed by atoms with Gasteiger partial charge >= 0.3 is 0 Å². The summed E-state index contributed by atoms with van der Waals surface area (Å²) >= 11 is 0. The molecule has 0 aromatic rings. The normalized spacial score (nSPS) is 33.0. The highest BCUT2D eigenvalue weighted by atomic mass is 28.4.